The minimum Gasteiger partial charge on any atom is -0.507 e. The van der Waals surface area contributed by atoms with Crippen LogP contribution in [0.1, 0.15) is 47.6 Å². The molecule has 4 N–H and O–H groups in total. The number of phenolic OH excluding ortho intramolecular Hbond substituents is 1. The first-order chi connectivity index (χ1) is 13.7. The lowest BCUT2D eigenvalue weighted by Gasteiger charge is -2.36. The summed E-state index contributed by atoms with van der Waals surface area (Å²) in [5, 5.41) is 13.1. The topological polar surface area (TPSA) is 95.7 Å². The number of phenols is 1. The number of anilines is 2. The quantitative estimate of drug-likeness (QED) is 0.544. The number of carbonyl (C=O) groups is 2. The first-order valence-electron chi connectivity index (χ1n) is 10.00. The maximum Gasteiger partial charge on any atom is 0.247 e. The number of nitrogens with two attached hydrogens (primary N) is 1. The fourth-order valence-electron chi connectivity index (χ4n) is 3.87. The average Bonchev–Trinajstić information content (AvgIpc) is 2.69. The number of amides is 2. The molecule has 1 atom stereocenters. The largest absolute Gasteiger partial charge is 0.507 e. The van der Waals surface area contributed by atoms with E-state index in [1.807, 2.05) is 39.0 Å². The van der Waals surface area contributed by atoms with E-state index in [9.17, 15) is 14.7 Å². The van der Waals surface area contributed by atoms with E-state index in [1.165, 1.54) is 0 Å². The molecule has 0 fully saturated rings. The summed E-state index contributed by atoms with van der Waals surface area (Å²) in [6, 6.07) is 6.83. The molecule has 0 radical (unpaired) electrons. The number of rotatable bonds is 4. The van der Waals surface area contributed by atoms with Crippen molar-refractivity contribution in [2.24, 2.45) is 0 Å². The van der Waals surface area contributed by atoms with Crippen LogP contribution in [0.15, 0.2) is 24.3 Å². The van der Waals surface area contributed by atoms with Crippen molar-refractivity contribution in [3.05, 3.63) is 52.1 Å². The van der Waals surface area contributed by atoms with Gasteiger partial charge in [-0.05, 0) is 73.2 Å². The number of nitrogens with one attached hydrogen (secondary N) is 1. The molecule has 6 heteroatoms. The summed E-state index contributed by atoms with van der Waals surface area (Å²) in [5.41, 5.74) is 11.5. The molecule has 0 aromatic heterocycles. The van der Waals surface area contributed by atoms with Crippen molar-refractivity contribution in [2.45, 2.75) is 59.5 Å². The third-order valence-corrected chi connectivity index (χ3v) is 5.76. The zero-order valence-electron chi connectivity index (χ0n) is 17.5. The zero-order valence-corrected chi connectivity index (χ0v) is 17.5. The lowest BCUT2D eigenvalue weighted by atomic mass is 9.92. The molecule has 2 aromatic rings. The fraction of sp³-hybridized carbons (Fsp3) is 0.391. The molecule has 0 saturated carbocycles. The fourth-order valence-corrected chi connectivity index (χ4v) is 3.87. The van der Waals surface area contributed by atoms with Crippen molar-refractivity contribution in [3.8, 4) is 5.75 Å². The summed E-state index contributed by atoms with van der Waals surface area (Å²) in [6.07, 6.45) is 1.58. The van der Waals surface area contributed by atoms with Crippen molar-refractivity contribution in [1.29, 1.82) is 0 Å². The highest BCUT2D eigenvalue weighted by Crippen LogP contribution is 2.32. The van der Waals surface area contributed by atoms with Gasteiger partial charge in [-0.1, -0.05) is 13.0 Å². The number of aromatic hydroxyl groups is 1. The Balaban J connectivity index is 1.93. The number of hydrogen-bond donors (Lipinski definition) is 3. The van der Waals surface area contributed by atoms with Crippen LogP contribution >= 0.6 is 0 Å². The molecule has 3 rings (SSSR count). The third kappa shape index (κ3) is 4.06. The normalized spacial score (nSPS) is 15.7. The second-order valence-corrected chi connectivity index (χ2v) is 7.85. The number of nitrogens with zero attached hydrogens (tertiary/aromatic N) is 1. The van der Waals surface area contributed by atoms with E-state index in [0.717, 1.165) is 28.7 Å². The summed E-state index contributed by atoms with van der Waals surface area (Å²) in [7, 11) is 0. The summed E-state index contributed by atoms with van der Waals surface area (Å²) in [6.45, 7) is 7.82. The summed E-state index contributed by atoms with van der Waals surface area (Å²) in [4.78, 5) is 27.7. The van der Waals surface area contributed by atoms with E-state index in [-0.39, 0.29) is 17.6 Å². The van der Waals surface area contributed by atoms with Gasteiger partial charge in [0.1, 0.15) is 11.8 Å². The summed E-state index contributed by atoms with van der Waals surface area (Å²) in [5.74, 6) is -0.00976. The molecule has 1 heterocycles. The molecule has 0 saturated heterocycles. The Kier molecular flexibility index (Phi) is 5.82. The van der Waals surface area contributed by atoms with Gasteiger partial charge >= 0.3 is 0 Å². The molecule has 2 amide bonds. The first-order valence-corrected chi connectivity index (χ1v) is 10.00. The lowest BCUT2D eigenvalue weighted by Crippen LogP contribution is -2.50. The molecule has 0 spiro atoms. The van der Waals surface area contributed by atoms with Gasteiger partial charge in [-0.3, -0.25) is 9.59 Å². The predicted molar refractivity (Wildman–Crippen MR) is 115 cm³/mol. The van der Waals surface area contributed by atoms with E-state index in [2.05, 4.69) is 5.32 Å². The van der Waals surface area contributed by atoms with E-state index in [0.29, 0.717) is 36.3 Å². The summed E-state index contributed by atoms with van der Waals surface area (Å²) >= 11 is 0. The van der Waals surface area contributed by atoms with E-state index in [1.54, 1.807) is 17.9 Å². The minimum atomic E-state index is -0.584. The van der Waals surface area contributed by atoms with Gasteiger partial charge in [0.25, 0.3) is 0 Å². The van der Waals surface area contributed by atoms with Crippen molar-refractivity contribution < 1.29 is 14.7 Å². The van der Waals surface area contributed by atoms with Crippen LogP contribution in [0.5, 0.6) is 5.75 Å². The highest BCUT2D eigenvalue weighted by atomic mass is 16.3. The highest BCUT2D eigenvalue weighted by molar-refractivity contribution is 5.98. The second-order valence-electron chi connectivity index (χ2n) is 7.85. The molecule has 29 heavy (non-hydrogen) atoms. The Labute approximate surface area is 171 Å². The maximum atomic E-state index is 13.2. The molecular weight excluding hydrogens is 366 g/mol. The van der Waals surface area contributed by atoms with Crippen molar-refractivity contribution >= 4 is 23.2 Å². The Morgan fingerprint density at radius 2 is 1.90 bits per heavy atom. The Morgan fingerprint density at radius 1 is 1.17 bits per heavy atom. The van der Waals surface area contributed by atoms with E-state index >= 15 is 0 Å². The van der Waals surface area contributed by atoms with Crippen LogP contribution in [-0.4, -0.2) is 27.9 Å². The maximum absolute atomic E-state index is 13.2. The molecule has 2 aromatic carbocycles. The molecular formula is C23H29N3O3. The number of carbonyl (C=O) groups excluding carboxylic acids is 2. The monoisotopic (exact) mass is 395 g/mol. The van der Waals surface area contributed by atoms with Crippen LogP contribution in [0.2, 0.25) is 0 Å². The SMILES string of the molecule is CCCC(=O)N1Cc2cc(N)ccc2C[C@H]1C(=O)Nc1cc(C)c(O)c(C)c1C. The molecule has 0 aliphatic carbocycles. The van der Waals surface area contributed by atoms with Crippen LogP contribution in [-0.2, 0) is 22.6 Å². The van der Waals surface area contributed by atoms with Crippen molar-refractivity contribution in [1.82, 2.24) is 4.90 Å². The van der Waals surface area contributed by atoms with Gasteiger partial charge in [0.2, 0.25) is 11.8 Å². The number of benzene rings is 2. The van der Waals surface area contributed by atoms with E-state index in [4.69, 9.17) is 5.73 Å². The van der Waals surface area contributed by atoms with Crippen LogP contribution < -0.4 is 11.1 Å². The van der Waals surface area contributed by atoms with Gasteiger partial charge in [0.05, 0.1) is 0 Å². The number of hydrogen-bond acceptors (Lipinski definition) is 4. The predicted octanol–water partition coefficient (Wildman–Crippen LogP) is 3.59. The standard InChI is InChI=1S/C23H29N3O3/c1-5-6-21(27)26-12-17-10-18(24)8-7-16(17)11-20(26)23(29)25-19-9-13(2)22(28)15(4)14(19)3/h7-10,20,28H,5-6,11-12,24H2,1-4H3,(H,25,29)/t20-/m0/s1. The molecule has 0 bridgehead atoms. The van der Waals surface area contributed by atoms with E-state index < -0.39 is 6.04 Å². The molecule has 6 nitrogen and oxygen atoms in total. The molecule has 0 unspecified atom stereocenters. The van der Waals surface area contributed by atoms with Gasteiger partial charge < -0.3 is 21.1 Å². The second kappa shape index (κ2) is 8.15. The third-order valence-electron chi connectivity index (χ3n) is 5.76. The van der Waals surface area contributed by atoms with Crippen molar-refractivity contribution in [2.75, 3.05) is 11.1 Å². The average molecular weight is 396 g/mol. The smallest absolute Gasteiger partial charge is 0.247 e. The molecule has 1 aliphatic rings. The minimum absolute atomic E-state index is 0.0319. The van der Waals surface area contributed by atoms with Crippen LogP contribution in [0.3, 0.4) is 0 Å². The Hall–Kier alpha value is -3.02. The zero-order chi connectivity index (χ0) is 21.3. The Morgan fingerprint density at radius 3 is 2.59 bits per heavy atom. The number of nitrogen functional groups attached to an aromatic ring is 1. The lowest BCUT2D eigenvalue weighted by molar-refractivity contribution is -0.140. The van der Waals surface area contributed by atoms with Gasteiger partial charge in [0.15, 0.2) is 0 Å². The van der Waals surface area contributed by atoms with Gasteiger partial charge in [-0.2, -0.15) is 0 Å². The molecule has 154 valence electrons. The van der Waals surface area contributed by atoms with Crippen LogP contribution in [0.25, 0.3) is 0 Å². The van der Waals surface area contributed by atoms with Crippen LogP contribution in [0, 0.1) is 20.8 Å². The van der Waals surface area contributed by atoms with Crippen LogP contribution in [0.4, 0.5) is 11.4 Å². The van der Waals surface area contributed by atoms with Crippen molar-refractivity contribution in [3.63, 3.8) is 0 Å². The Bertz CT molecular complexity index is 968. The summed E-state index contributed by atoms with van der Waals surface area (Å²) < 4.78 is 0. The van der Waals surface area contributed by atoms with Gasteiger partial charge in [0, 0.05) is 30.8 Å². The first kappa shape index (κ1) is 20.7. The highest BCUT2D eigenvalue weighted by Gasteiger charge is 2.34. The number of aryl methyl sites for hydroxylation is 1. The molecule has 1 aliphatic heterocycles. The number of fused-ring (bicyclic) bond motifs is 1. The van der Waals surface area contributed by atoms with Gasteiger partial charge in [-0.25, -0.2) is 0 Å². The van der Waals surface area contributed by atoms with Gasteiger partial charge in [-0.15, -0.1) is 0 Å².